The van der Waals surface area contributed by atoms with Gasteiger partial charge in [0.1, 0.15) is 11.4 Å². The first-order valence-corrected chi connectivity index (χ1v) is 6.92. The molecule has 0 saturated heterocycles. The first-order valence-electron chi connectivity index (χ1n) is 6.92. The molecule has 0 atom stereocenters. The summed E-state index contributed by atoms with van der Waals surface area (Å²) in [5.74, 6) is 0. The van der Waals surface area contributed by atoms with E-state index in [1.165, 1.54) is 4.57 Å². The van der Waals surface area contributed by atoms with Gasteiger partial charge in [-0.25, -0.2) is 4.79 Å². The standard InChI is InChI=1S/C14H15N7O/c1-3-21-18-10(2)13(19-21)9-20-7-4-11(17-14(20)22)12-8-15-5-6-16-12/h4-8H,3,9H2,1-2H3. The zero-order valence-electron chi connectivity index (χ0n) is 12.3. The van der Waals surface area contributed by atoms with Crippen molar-refractivity contribution in [2.45, 2.75) is 26.9 Å². The van der Waals surface area contributed by atoms with E-state index < -0.39 is 0 Å². The van der Waals surface area contributed by atoms with Gasteiger partial charge in [-0.1, -0.05) is 0 Å². The highest BCUT2D eigenvalue weighted by Crippen LogP contribution is 2.10. The summed E-state index contributed by atoms with van der Waals surface area (Å²) >= 11 is 0. The molecule has 3 aromatic rings. The summed E-state index contributed by atoms with van der Waals surface area (Å²) in [5.41, 5.74) is 2.29. The van der Waals surface area contributed by atoms with Gasteiger partial charge in [-0.2, -0.15) is 20.0 Å². The molecule has 0 saturated carbocycles. The van der Waals surface area contributed by atoms with Gasteiger partial charge in [0.05, 0.1) is 30.7 Å². The number of aryl methyl sites for hydroxylation is 2. The molecule has 0 radical (unpaired) electrons. The highest BCUT2D eigenvalue weighted by atomic mass is 16.1. The molecule has 8 heteroatoms. The van der Waals surface area contributed by atoms with E-state index in [1.54, 1.807) is 35.7 Å². The molecular formula is C14H15N7O. The fourth-order valence-corrected chi connectivity index (χ4v) is 2.04. The van der Waals surface area contributed by atoms with Gasteiger partial charge in [-0.3, -0.25) is 14.5 Å². The molecule has 0 bridgehead atoms. The van der Waals surface area contributed by atoms with Gasteiger partial charge in [0.15, 0.2) is 0 Å². The van der Waals surface area contributed by atoms with E-state index in [2.05, 4.69) is 25.1 Å². The van der Waals surface area contributed by atoms with E-state index in [9.17, 15) is 4.79 Å². The SMILES string of the molecule is CCn1nc(C)c(Cn2ccc(-c3cnccn3)nc2=O)n1. The van der Waals surface area contributed by atoms with E-state index >= 15 is 0 Å². The Morgan fingerprint density at radius 2 is 2.05 bits per heavy atom. The van der Waals surface area contributed by atoms with Gasteiger partial charge >= 0.3 is 5.69 Å². The van der Waals surface area contributed by atoms with Crippen molar-refractivity contribution in [3.8, 4) is 11.4 Å². The molecule has 3 aromatic heterocycles. The van der Waals surface area contributed by atoms with Crippen molar-refractivity contribution >= 4 is 0 Å². The fraction of sp³-hybridized carbons (Fsp3) is 0.286. The second-order valence-electron chi connectivity index (χ2n) is 4.73. The van der Waals surface area contributed by atoms with E-state index in [-0.39, 0.29) is 5.69 Å². The highest BCUT2D eigenvalue weighted by molar-refractivity contribution is 5.50. The van der Waals surface area contributed by atoms with Crippen molar-refractivity contribution in [3.63, 3.8) is 0 Å². The minimum absolute atomic E-state index is 0.346. The van der Waals surface area contributed by atoms with Crippen molar-refractivity contribution < 1.29 is 0 Å². The molecule has 0 amide bonds. The molecule has 0 fully saturated rings. The topological polar surface area (TPSA) is 91.4 Å². The zero-order valence-corrected chi connectivity index (χ0v) is 12.3. The third kappa shape index (κ3) is 2.76. The smallest absolute Gasteiger partial charge is 0.293 e. The molecule has 0 unspecified atom stereocenters. The van der Waals surface area contributed by atoms with Gasteiger partial charge in [0.25, 0.3) is 0 Å². The molecule has 0 N–H and O–H groups in total. The molecule has 0 aliphatic rings. The Hall–Kier alpha value is -2.90. The summed E-state index contributed by atoms with van der Waals surface area (Å²) in [4.78, 5) is 25.9. The van der Waals surface area contributed by atoms with Crippen LogP contribution in [0.2, 0.25) is 0 Å². The summed E-state index contributed by atoms with van der Waals surface area (Å²) in [5, 5.41) is 8.61. The number of aromatic nitrogens is 7. The lowest BCUT2D eigenvalue weighted by molar-refractivity contribution is 0.557. The van der Waals surface area contributed by atoms with Crippen molar-refractivity contribution in [2.75, 3.05) is 0 Å². The second kappa shape index (κ2) is 5.84. The monoisotopic (exact) mass is 297 g/mol. The first-order chi connectivity index (χ1) is 10.7. The average molecular weight is 297 g/mol. The molecule has 112 valence electrons. The Morgan fingerprint density at radius 3 is 2.68 bits per heavy atom. The molecular weight excluding hydrogens is 282 g/mol. The summed E-state index contributed by atoms with van der Waals surface area (Å²) in [6, 6.07) is 1.74. The average Bonchev–Trinajstić information content (AvgIpc) is 2.90. The molecule has 8 nitrogen and oxygen atoms in total. The number of hydrogen-bond donors (Lipinski definition) is 0. The third-order valence-corrected chi connectivity index (χ3v) is 3.22. The predicted octanol–water partition coefficient (Wildman–Crippen LogP) is 0.668. The normalized spacial score (nSPS) is 10.8. The zero-order chi connectivity index (χ0) is 15.5. The fourth-order valence-electron chi connectivity index (χ4n) is 2.04. The van der Waals surface area contributed by atoms with E-state index in [0.29, 0.717) is 24.5 Å². The Kier molecular flexibility index (Phi) is 3.73. The van der Waals surface area contributed by atoms with Gasteiger partial charge in [-0.15, -0.1) is 0 Å². The maximum absolute atomic E-state index is 12.2. The second-order valence-corrected chi connectivity index (χ2v) is 4.73. The Bertz CT molecular complexity index is 838. The van der Waals surface area contributed by atoms with Crippen LogP contribution in [0.5, 0.6) is 0 Å². The van der Waals surface area contributed by atoms with Crippen LogP contribution in [0.15, 0.2) is 35.6 Å². The first kappa shape index (κ1) is 14.1. The molecule has 0 aliphatic carbocycles. The molecule has 3 heterocycles. The molecule has 0 spiro atoms. The molecule has 3 rings (SSSR count). The number of nitrogens with zero attached hydrogens (tertiary/aromatic N) is 7. The Labute approximate surface area is 126 Å². The number of rotatable bonds is 4. The van der Waals surface area contributed by atoms with Crippen molar-refractivity contribution in [3.05, 3.63) is 52.7 Å². The van der Waals surface area contributed by atoms with Crippen LogP contribution in [0.3, 0.4) is 0 Å². The lowest BCUT2D eigenvalue weighted by Crippen LogP contribution is -2.23. The van der Waals surface area contributed by atoms with Crippen molar-refractivity contribution in [1.29, 1.82) is 0 Å². The lowest BCUT2D eigenvalue weighted by Gasteiger charge is -2.04. The van der Waals surface area contributed by atoms with Crippen molar-refractivity contribution in [2.24, 2.45) is 0 Å². The minimum Gasteiger partial charge on any atom is -0.293 e. The molecule has 0 aromatic carbocycles. The summed E-state index contributed by atoms with van der Waals surface area (Å²) in [7, 11) is 0. The maximum atomic E-state index is 12.2. The van der Waals surface area contributed by atoms with Gasteiger partial charge in [0, 0.05) is 18.6 Å². The van der Waals surface area contributed by atoms with Crippen LogP contribution in [-0.2, 0) is 13.1 Å². The predicted molar refractivity (Wildman–Crippen MR) is 79.1 cm³/mol. The third-order valence-electron chi connectivity index (χ3n) is 3.22. The lowest BCUT2D eigenvalue weighted by atomic mass is 10.3. The van der Waals surface area contributed by atoms with Crippen LogP contribution in [-0.4, -0.2) is 34.5 Å². The van der Waals surface area contributed by atoms with E-state index in [0.717, 1.165) is 11.4 Å². The highest BCUT2D eigenvalue weighted by Gasteiger charge is 2.09. The molecule has 22 heavy (non-hydrogen) atoms. The minimum atomic E-state index is -0.353. The van der Waals surface area contributed by atoms with Crippen LogP contribution in [0, 0.1) is 6.92 Å². The van der Waals surface area contributed by atoms with Crippen molar-refractivity contribution in [1.82, 2.24) is 34.5 Å². The van der Waals surface area contributed by atoms with Gasteiger partial charge < -0.3 is 0 Å². The van der Waals surface area contributed by atoms with Crippen LogP contribution in [0.25, 0.3) is 11.4 Å². The largest absolute Gasteiger partial charge is 0.348 e. The van der Waals surface area contributed by atoms with E-state index in [4.69, 9.17) is 0 Å². The van der Waals surface area contributed by atoms with Crippen LogP contribution in [0.4, 0.5) is 0 Å². The summed E-state index contributed by atoms with van der Waals surface area (Å²) in [6.45, 7) is 4.88. The van der Waals surface area contributed by atoms with Crippen LogP contribution >= 0.6 is 0 Å². The Balaban J connectivity index is 1.89. The van der Waals surface area contributed by atoms with Gasteiger partial charge in [-0.05, 0) is 19.9 Å². The summed E-state index contributed by atoms with van der Waals surface area (Å²) in [6.07, 6.45) is 6.40. The number of hydrogen-bond acceptors (Lipinski definition) is 6. The van der Waals surface area contributed by atoms with Gasteiger partial charge in [0.2, 0.25) is 0 Å². The quantitative estimate of drug-likeness (QED) is 0.703. The van der Waals surface area contributed by atoms with E-state index in [1.807, 2.05) is 13.8 Å². The molecule has 0 aliphatic heterocycles. The van der Waals surface area contributed by atoms with Crippen LogP contribution in [0.1, 0.15) is 18.3 Å². The maximum Gasteiger partial charge on any atom is 0.348 e. The summed E-state index contributed by atoms with van der Waals surface area (Å²) < 4.78 is 1.50. The van der Waals surface area contributed by atoms with Crippen LogP contribution < -0.4 is 5.69 Å². The Morgan fingerprint density at radius 1 is 1.18 bits per heavy atom.